The molecule has 3 aromatic rings. The molecule has 0 spiro atoms. The van der Waals surface area contributed by atoms with Gasteiger partial charge < -0.3 is 0 Å². The summed E-state index contributed by atoms with van der Waals surface area (Å²) in [4.78, 5) is 0. The average molecular weight is 278 g/mol. The second-order valence-electron chi connectivity index (χ2n) is 6.53. The Morgan fingerprint density at radius 2 is 1.71 bits per heavy atom. The van der Waals surface area contributed by atoms with Crippen LogP contribution in [0.3, 0.4) is 0 Å². The fourth-order valence-electron chi connectivity index (χ4n) is 2.73. The summed E-state index contributed by atoms with van der Waals surface area (Å²) in [5.41, 5.74) is 4.97. The summed E-state index contributed by atoms with van der Waals surface area (Å²) in [6.07, 6.45) is 0.972. The maximum Gasteiger partial charge on any atom is 0.0933 e. The Hall–Kier alpha value is -2.09. The first kappa shape index (κ1) is 13.9. The van der Waals surface area contributed by atoms with E-state index in [1.807, 2.05) is 6.07 Å². The number of benzene rings is 2. The molecule has 0 bridgehead atoms. The predicted molar refractivity (Wildman–Crippen MR) is 89.1 cm³/mol. The van der Waals surface area contributed by atoms with Gasteiger partial charge in [0.15, 0.2) is 0 Å². The molecule has 2 heteroatoms. The third-order valence-corrected chi connectivity index (χ3v) is 3.97. The lowest BCUT2D eigenvalue weighted by Gasteiger charge is -2.18. The quantitative estimate of drug-likeness (QED) is 0.653. The van der Waals surface area contributed by atoms with Crippen molar-refractivity contribution in [3.8, 4) is 5.69 Å². The van der Waals surface area contributed by atoms with Crippen LogP contribution in [0.4, 0.5) is 0 Å². The number of para-hydroxylation sites is 1. The van der Waals surface area contributed by atoms with Gasteiger partial charge >= 0.3 is 0 Å². The third kappa shape index (κ3) is 2.46. The highest BCUT2D eigenvalue weighted by atomic mass is 15.3. The molecule has 0 aliphatic heterocycles. The van der Waals surface area contributed by atoms with E-state index >= 15 is 0 Å². The van der Waals surface area contributed by atoms with Crippen LogP contribution in [0.25, 0.3) is 16.6 Å². The number of hydrogen-bond acceptors (Lipinski definition) is 1. The molecule has 1 heterocycles. The van der Waals surface area contributed by atoms with Crippen molar-refractivity contribution < 1.29 is 0 Å². The maximum atomic E-state index is 4.84. The number of fused-ring (bicyclic) bond motifs is 1. The average Bonchev–Trinajstić information content (AvgIpc) is 2.84. The summed E-state index contributed by atoms with van der Waals surface area (Å²) < 4.78 is 2.08. The van der Waals surface area contributed by atoms with Gasteiger partial charge in [-0.1, -0.05) is 58.0 Å². The Morgan fingerprint density at radius 3 is 2.33 bits per heavy atom. The molecule has 0 fully saturated rings. The molecule has 0 radical (unpaired) electrons. The highest BCUT2D eigenvalue weighted by molar-refractivity contribution is 5.83. The first-order chi connectivity index (χ1) is 10.0. The first-order valence-corrected chi connectivity index (χ1v) is 7.58. The van der Waals surface area contributed by atoms with Crippen molar-refractivity contribution in [1.29, 1.82) is 0 Å². The molecular weight excluding hydrogens is 256 g/mol. The minimum absolute atomic E-state index is 0.150. The Kier molecular flexibility index (Phi) is 3.32. The van der Waals surface area contributed by atoms with Crippen LogP contribution in [-0.2, 0) is 11.8 Å². The molecule has 0 atom stereocenters. The van der Waals surface area contributed by atoms with E-state index in [1.165, 1.54) is 16.6 Å². The van der Waals surface area contributed by atoms with Crippen LogP contribution in [0.2, 0.25) is 0 Å². The maximum absolute atomic E-state index is 4.84. The normalized spacial score (nSPS) is 12.0. The van der Waals surface area contributed by atoms with Gasteiger partial charge in [-0.2, -0.15) is 5.10 Å². The van der Waals surface area contributed by atoms with E-state index in [2.05, 4.69) is 74.8 Å². The van der Waals surface area contributed by atoms with Gasteiger partial charge in [0.05, 0.1) is 16.9 Å². The zero-order valence-corrected chi connectivity index (χ0v) is 13.2. The van der Waals surface area contributed by atoms with Crippen LogP contribution in [0.15, 0.2) is 48.5 Å². The van der Waals surface area contributed by atoms with Gasteiger partial charge in [0.1, 0.15) is 0 Å². The van der Waals surface area contributed by atoms with Crippen LogP contribution in [0, 0.1) is 0 Å². The molecule has 21 heavy (non-hydrogen) atoms. The molecule has 0 N–H and O–H groups in total. The van der Waals surface area contributed by atoms with Crippen LogP contribution in [0.1, 0.15) is 39.0 Å². The predicted octanol–water partition coefficient (Wildman–Crippen LogP) is 4.89. The second kappa shape index (κ2) is 5.03. The lowest BCUT2D eigenvalue weighted by Crippen LogP contribution is -2.10. The fraction of sp³-hybridized carbons (Fsp3) is 0.316. The van der Waals surface area contributed by atoms with Gasteiger partial charge in [-0.25, -0.2) is 4.68 Å². The van der Waals surface area contributed by atoms with Crippen LogP contribution in [-0.4, -0.2) is 9.78 Å². The minimum Gasteiger partial charge on any atom is -0.237 e. The molecule has 2 nitrogen and oxygen atoms in total. The molecule has 108 valence electrons. The van der Waals surface area contributed by atoms with Gasteiger partial charge in [-0.3, -0.25) is 0 Å². The highest BCUT2D eigenvalue weighted by Gasteiger charge is 2.17. The summed E-state index contributed by atoms with van der Waals surface area (Å²) in [5.74, 6) is 0. The smallest absolute Gasteiger partial charge is 0.0933 e. The number of nitrogens with zero attached hydrogens (tertiary/aromatic N) is 2. The van der Waals surface area contributed by atoms with Crippen LogP contribution < -0.4 is 0 Å². The number of hydrogen-bond donors (Lipinski definition) is 0. The molecule has 3 rings (SSSR count). The standard InChI is InChI=1S/C19H22N2/c1-5-18-16-12-11-14(19(2,3)4)13-17(16)20-21(18)15-9-7-6-8-10-15/h6-13H,5H2,1-4H3. The fourth-order valence-corrected chi connectivity index (χ4v) is 2.73. The summed E-state index contributed by atoms with van der Waals surface area (Å²) in [6.45, 7) is 8.91. The summed E-state index contributed by atoms with van der Waals surface area (Å²) in [5, 5.41) is 6.10. The van der Waals surface area contributed by atoms with E-state index in [0.717, 1.165) is 17.6 Å². The molecule has 0 unspecified atom stereocenters. The van der Waals surface area contributed by atoms with E-state index in [9.17, 15) is 0 Å². The van der Waals surface area contributed by atoms with E-state index in [1.54, 1.807) is 0 Å². The topological polar surface area (TPSA) is 17.8 Å². The van der Waals surface area contributed by atoms with Crippen molar-refractivity contribution in [1.82, 2.24) is 9.78 Å². The van der Waals surface area contributed by atoms with Gasteiger partial charge in [0.2, 0.25) is 0 Å². The van der Waals surface area contributed by atoms with Gasteiger partial charge in [-0.05, 0) is 35.6 Å². The Labute approximate surface area is 126 Å². The van der Waals surface area contributed by atoms with E-state index in [-0.39, 0.29) is 5.41 Å². The first-order valence-electron chi connectivity index (χ1n) is 7.58. The van der Waals surface area contributed by atoms with Gasteiger partial charge in [0.25, 0.3) is 0 Å². The minimum atomic E-state index is 0.150. The van der Waals surface area contributed by atoms with Gasteiger partial charge in [0, 0.05) is 5.39 Å². The lowest BCUT2D eigenvalue weighted by molar-refractivity contribution is 0.591. The van der Waals surface area contributed by atoms with Crippen molar-refractivity contribution in [2.24, 2.45) is 0 Å². The summed E-state index contributed by atoms with van der Waals surface area (Å²) in [6, 6.07) is 17.1. The van der Waals surface area contributed by atoms with E-state index in [4.69, 9.17) is 5.10 Å². The number of rotatable bonds is 2. The third-order valence-electron chi connectivity index (χ3n) is 3.97. The summed E-state index contributed by atoms with van der Waals surface area (Å²) in [7, 11) is 0. The molecule has 2 aromatic carbocycles. The molecule has 0 saturated heterocycles. The largest absolute Gasteiger partial charge is 0.237 e. The Morgan fingerprint density at radius 1 is 1.00 bits per heavy atom. The molecule has 0 saturated carbocycles. The van der Waals surface area contributed by atoms with Crippen molar-refractivity contribution in [2.45, 2.75) is 39.5 Å². The monoisotopic (exact) mass is 278 g/mol. The zero-order valence-electron chi connectivity index (χ0n) is 13.2. The molecular formula is C19H22N2. The van der Waals surface area contributed by atoms with Crippen LogP contribution in [0.5, 0.6) is 0 Å². The lowest BCUT2D eigenvalue weighted by atomic mass is 9.86. The molecule has 0 aliphatic rings. The van der Waals surface area contributed by atoms with Gasteiger partial charge in [-0.15, -0.1) is 0 Å². The Balaban J connectivity index is 2.23. The zero-order chi connectivity index (χ0) is 15.0. The van der Waals surface area contributed by atoms with Crippen molar-refractivity contribution in [3.63, 3.8) is 0 Å². The highest BCUT2D eigenvalue weighted by Crippen LogP contribution is 2.28. The second-order valence-corrected chi connectivity index (χ2v) is 6.53. The van der Waals surface area contributed by atoms with Crippen molar-refractivity contribution >= 4 is 10.9 Å². The van der Waals surface area contributed by atoms with Crippen molar-refractivity contribution in [2.75, 3.05) is 0 Å². The molecule has 1 aromatic heterocycles. The molecule has 0 aliphatic carbocycles. The van der Waals surface area contributed by atoms with E-state index < -0.39 is 0 Å². The van der Waals surface area contributed by atoms with Crippen molar-refractivity contribution in [3.05, 3.63) is 59.8 Å². The number of aryl methyl sites for hydroxylation is 1. The molecule has 0 amide bonds. The van der Waals surface area contributed by atoms with E-state index in [0.29, 0.717) is 0 Å². The Bertz CT molecular complexity index is 761. The van der Waals surface area contributed by atoms with Crippen LogP contribution >= 0.6 is 0 Å². The number of aromatic nitrogens is 2. The summed E-state index contributed by atoms with van der Waals surface area (Å²) >= 11 is 0. The SMILES string of the molecule is CCc1c2ccc(C(C)(C)C)cc2nn1-c1ccccc1.